The Morgan fingerprint density at radius 3 is 2.50 bits per heavy atom. The van der Waals surface area contributed by atoms with Crippen LogP contribution in [-0.2, 0) is 10.0 Å². The van der Waals surface area contributed by atoms with E-state index in [9.17, 15) is 22.9 Å². The van der Waals surface area contributed by atoms with Gasteiger partial charge in [-0.3, -0.25) is 14.8 Å². The first-order valence-corrected chi connectivity index (χ1v) is 8.21. The van der Waals surface area contributed by atoms with E-state index in [4.69, 9.17) is 0 Å². The van der Waals surface area contributed by atoms with E-state index >= 15 is 0 Å². The van der Waals surface area contributed by atoms with E-state index in [0.29, 0.717) is 10.0 Å². The van der Waals surface area contributed by atoms with Crippen molar-refractivity contribution in [2.45, 2.75) is 11.8 Å². The molecule has 2 aromatic carbocycles. The smallest absolute Gasteiger partial charge is 0.270 e. The summed E-state index contributed by atoms with van der Waals surface area (Å²) < 4.78 is 40.9. The van der Waals surface area contributed by atoms with Crippen LogP contribution in [-0.4, -0.2) is 13.3 Å². The number of non-ortho nitro benzene ring substituents is 1. The zero-order valence-electron chi connectivity index (χ0n) is 11.2. The average molecular weight is 389 g/mol. The van der Waals surface area contributed by atoms with Gasteiger partial charge in [-0.15, -0.1) is 0 Å². The first kappa shape index (κ1) is 16.4. The van der Waals surface area contributed by atoms with Crippen molar-refractivity contribution < 1.29 is 17.7 Å². The zero-order valence-corrected chi connectivity index (χ0v) is 13.6. The molecule has 0 saturated heterocycles. The molecule has 0 heterocycles. The Balaban J connectivity index is 2.46. The van der Waals surface area contributed by atoms with E-state index in [1.165, 1.54) is 31.2 Å². The summed E-state index contributed by atoms with van der Waals surface area (Å²) in [6, 6.07) is 7.30. The molecule has 1 N–H and O–H groups in total. The predicted molar refractivity (Wildman–Crippen MR) is 82.7 cm³/mol. The largest absolute Gasteiger partial charge is 0.277 e. The summed E-state index contributed by atoms with van der Waals surface area (Å²) >= 11 is 3.07. The molecule has 0 aliphatic heterocycles. The lowest BCUT2D eigenvalue weighted by molar-refractivity contribution is -0.385. The Labute approximate surface area is 134 Å². The summed E-state index contributed by atoms with van der Waals surface area (Å²) in [5.74, 6) is -0.763. The van der Waals surface area contributed by atoms with Gasteiger partial charge in [-0.05, 0) is 30.7 Å². The quantitative estimate of drug-likeness (QED) is 0.639. The van der Waals surface area contributed by atoms with E-state index in [0.717, 1.165) is 12.1 Å². The predicted octanol–water partition coefficient (Wildman–Crippen LogP) is 3.61. The number of nitrogens with zero attached hydrogens (tertiary/aromatic N) is 1. The lowest BCUT2D eigenvalue weighted by Crippen LogP contribution is -2.15. The van der Waals surface area contributed by atoms with Crippen LogP contribution < -0.4 is 4.72 Å². The number of hydrogen-bond acceptors (Lipinski definition) is 4. The highest BCUT2D eigenvalue weighted by Crippen LogP contribution is 2.26. The fraction of sp³-hybridized carbons (Fsp3) is 0.0769. The molecule has 0 radical (unpaired) electrons. The summed E-state index contributed by atoms with van der Waals surface area (Å²) in [5.41, 5.74) is -0.285. The third-order valence-electron chi connectivity index (χ3n) is 2.85. The van der Waals surface area contributed by atoms with Crippen molar-refractivity contribution in [3.8, 4) is 0 Å². The van der Waals surface area contributed by atoms with E-state index in [1.807, 2.05) is 0 Å². The van der Waals surface area contributed by atoms with E-state index in [-0.39, 0.29) is 16.3 Å². The standard InChI is InChI=1S/C13H10BrFN2O4S/c1-8-2-4-10(17(18)19)7-13(8)22(20,21)16-12-5-3-9(14)6-11(12)15/h2-7,16H,1H3. The Morgan fingerprint density at radius 2 is 1.91 bits per heavy atom. The molecule has 0 aromatic heterocycles. The molecule has 0 amide bonds. The molecule has 0 atom stereocenters. The first-order chi connectivity index (χ1) is 10.2. The number of rotatable bonds is 4. The summed E-state index contributed by atoms with van der Waals surface area (Å²) in [7, 11) is -4.15. The molecule has 0 unspecified atom stereocenters. The minimum absolute atomic E-state index is 0.242. The Bertz CT molecular complexity index is 855. The topological polar surface area (TPSA) is 89.3 Å². The number of aryl methyl sites for hydroxylation is 1. The number of sulfonamides is 1. The Hall–Kier alpha value is -2.00. The lowest BCUT2D eigenvalue weighted by Gasteiger charge is -2.11. The van der Waals surface area contributed by atoms with Crippen molar-refractivity contribution in [1.82, 2.24) is 0 Å². The van der Waals surface area contributed by atoms with Crippen LogP contribution in [0.1, 0.15) is 5.56 Å². The number of benzene rings is 2. The van der Waals surface area contributed by atoms with Gasteiger partial charge in [0.15, 0.2) is 0 Å². The van der Waals surface area contributed by atoms with Crippen molar-refractivity contribution in [2.24, 2.45) is 0 Å². The second-order valence-electron chi connectivity index (χ2n) is 4.44. The number of nitro benzene ring substituents is 1. The molecular formula is C13H10BrFN2O4S. The van der Waals surface area contributed by atoms with Crippen LogP contribution in [0, 0.1) is 22.9 Å². The fourth-order valence-electron chi connectivity index (χ4n) is 1.76. The first-order valence-electron chi connectivity index (χ1n) is 5.93. The molecule has 0 saturated carbocycles. The molecule has 116 valence electrons. The average Bonchev–Trinajstić information content (AvgIpc) is 2.42. The Morgan fingerprint density at radius 1 is 1.23 bits per heavy atom. The zero-order chi connectivity index (χ0) is 16.5. The van der Waals surface area contributed by atoms with Gasteiger partial charge in [-0.2, -0.15) is 0 Å². The molecule has 6 nitrogen and oxygen atoms in total. The van der Waals surface area contributed by atoms with Crippen LogP contribution in [0.2, 0.25) is 0 Å². The normalized spacial score (nSPS) is 11.2. The molecule has 0 aliphatic rings. The lowest BCUT2D eigenvalue weighted by atomic mass is 10.2. The maximum absolute atomic E-state index is 13.7. The van der Waals surface area contributed by atoms with Gasteiger partial charge in [0.1, 0.15) is 5.82 Å². The minimum atomic E-state index is -4.15. The van der Waals surface area contributed by atoms with Crippen molar-refractivity contribution in [1.29, 1.82) is 0 Å². The number of nitro groups is 1. The van der Waals surface area contributed by atoms with E-state index < -0.39 is 20.8 Å². The third-order valence-corrected chi connectivity index (χ3v) is 4.85. The summed E-state index contributed by atoms with van der Waals surface area (Å²) in [4.78, 5) is 9.80. The van der Waals surface area contributed by atoms with Gasteiger partial charge >= 0.3 is 0 Å². The van der Waals surface area contributed by atoms with Gasteiger partial charge in [-0.25, -0.2) is 12.8 Å². The second kappa shape index (κ2) is 6.01. The summed E-state index contributed by atoms with van der Waals surface area (Å²) in [6.45, 7) is 1.50. The van der Waals surface area contributed by atoms with Crippen LogP contribution in [0.15, 0.2) is 45.8 Å². The molecule has 0 spiro atoms. The van der Waals surface area contributed by atoms with E-state index in [2.05, 4.69) is 20.7 Å². The maximum Gasteiger partial charge on any atom is 0.270 e. The van der Waals surface area contributed by atoms with Crippen molar-refractivity contribution in [3.63, 3.8) is 0 Å². The van der Waals surface area contributed by atoms with Gasteiger partial charge < -0.3 is 0 Å². The van der Waals surface area contributed by atoms with Gasteiger partial charge in [0.05, 0.1) is 15.5 Å². The van der Waals surface area contributed by atoms with Gasteiger partial charge in [0.2, 0.25) is 0 Å². The van der Waals surface area contributed by atoms with E-state index in [1.54, 1.807) is 0 Å². The molecule has 2 rings (SSSR count). The van der Waals surface area contributed by atoms with Crippen molar-refractivity contribution in [2.75, 3.05) is 4.72 Å². The monoisotopic (exact) mass is 388 g/mol. The number of anilines is 1. The molecule has 0 bridgehead atoms. The number of halogens is 2. The SMILES string of the molecule is Cc1ccc([N+](=O)[O-])cc1S(=O)(=O)Nc1ccc(Br)cc1F. The Kier molecular flexibility index (Phi) is 4.47. The highest BCUT2D eigenvalue weighted by molar-refractivity contribution is 9.10. The maximum atomic E-state index is 13.7. The van der Waals surface area contributed by atoms with Gasteiger partial charge in [-0.1, -0.05) is 22.0 Å². The molecule has 22 heavy (non-hydrogen) atoms. The van der Waals surface area contributed by atoms with Crippen LogP contribution >= 0.6 is 15.9 Å². The molecule has 0 fully saturated rings. The van der Waals surface area contributed by atoms with Crippen LogP contribution in [0.5, 0.6) is 0 Å². The fourth-order valence-corrected chi connectivity index (χ4v) is 3.43. The highest BCUT2D eigenvalue weighted by Gasteiger charge is 2.21. The second-order valence-corrected chi connectivity index (χ2v) is 7.00. The van der Waals surface area contributed by atoms with Gasteiger partial charge in [0, 0.05) is 16.6 Å². The summed E-state index contributed by atoms with van der Waals surface area (Å²) in [5, 5.41) is 10.8. The van der Waals surface area contributed by atoms with Crippen LogP contribution in [0.25, 0.3) is 0 Å². The van der Waals surface area contributed by atoms with Gasteiger partial charge in [0.25, 0.3) is 15.7 Å². The van der Waals surface area contributed by atoms with Crippen LogP contribution in [0.4, 0.5) is 15.8 Å². The molecular weight excluding hydrogens is 379 g/mol. The van der Waals surface area contributed by atoms with Crippen molar-refractivity contribution >= 4 is 37.3 Å². The number of nitrogens with one attached hydrogen (secondary N) is 1. The highest BCUT2D eigenvalue weighted by atomic mass is 79.9. The number of hydrogen-bond donors (Lipinski definition) is 1. The van der Waals surface area contributed by atoms with Crippen LogP contribution in [0.3, 0.4) is 0 Å². The molecule has 9 heteroatoms. The van der Waals surface area contributed by atoms with Crippen molar-refractivity contribution in [3.05, 3.63) is 62.4 Å². The minimum Gasteiger partial charge on any atom is -0.277 e. The molecule has 2 aromatic rings. The third kappa shape index (κ3) is 3.42. The summed E-state index contributed by atoms with van der Waals surface area (Å²) in [6.07, 6.45) is 0. The molecule has 0 aliphatic carbocycles.